The van der Waals surface area contributed by atoms with Crippen LogP contribution in [-0.4, -0.2) is 34.1 Å². The number of ether oxygens (including phenoxy) is 2. The van der Waals surface area contributed by atoms with Crippen LogP contribution in [0.15, 0.2) is 60.8 Å². The predicted molar refractivity (Wildman–Crippen MR) is 95.8 cm³/mol. The van der Waals surface area contributed by atoms with Gasteiger partial charge in [0, 0.05) is 0 Å². The first-order valence-electron chi connectivity index (χ1n) is 8.17. The molecule has 0 saturated heterocycles. The highest BCUT2D eigenvalue weighted by Crippen LogP contribution is 2.14. The summed E-state index contributed by atoms with van der Waals surface area (Å²) >= 11 is 0. The van der Waals surface area contributed by atoms with E-state index < -0.39 is 12.0 Å². The zero-order chi connectivity index (χ0) is 18.4. The van der Waals surface area contributed by atoms with Crippen LogP contribution >= 0.6 is 0 Å². The van der Waals surface area contributed by atoms with Crippen molar-refractivity contribution in [1.82, 2.24) is 15.0 Å². The summed E-state index contributed by atoms with van der Waals surface area (Å²) in [7, 11) is 1.61. The van der Waals surface area contributed by atoms with Gasteiger partial charge in [-0.2, -0.15) is 0 Å². The van der Waals surface area contributed by atoms with Crippen LogP contribution in [0.4, 0.5) is 0 Å². The van der Waals surface area contributed by atoms with Gasteiger partial charge in [-0.25, -0.2) is 4.68 Å². The minimum Gasteiger partial charge on any atom is -0.497 e. The normalized spacial score (nSPS) is 11.8. The lowest BCUT2D eigenvalue weighted by Crippen LogP contribution is -2.34. The van der Waals surface area contributed by atoms with Gasteiger partial charge in [-0.1, -0.05) is 35.5 Å². The molecule has 1 heterocycles. The smallest absolute Gasteiger partial charge is 0.323 e. The highest BCUT2D eigenvalue weighted by molar-refractivity contribution is 5.75. The van der Waals surface area contributed by atoms with Crippen molar-refractivity contribution >= 4 is 5.97 Å². The predicted octanol–water partition coefficient (Wildman–Crippen LogP) is 1.89. The molecular formula is C19H20N4O3. The first-order chi connectivity index (χ1) is 12.7. The topological polar surface area (TPSA) is 92.3 Å². The molecule has 2 aromatic carbocycles. The molecule has 0 unspecified atom stereocenters. The third-order valence-electron chi connectivity index (χ3n) is 3.84. The molecule has 0 bridgehead atoms. The van der Waals surface area contributed by atoms with E-state index in [-0.39, 0.29) is 6.61 Å². The molecule has 0 fully saturated rings. The molecule has 1 aromatic heterocycles. The fourth-order valence-corrected chi connectivity index (χ4v) is 2.43. The fraction of sp³-hybridized carbons (Fsp3) is 0.211. The molecule has 3 aromatic rings. The van der Waals surface area contributed by atoms with Crippen molar-refractivity contribution in [3.05, 3.63) is 72.1 Å². The molecule has 0 spiro atoms. The molecule has 0 radical (unpaired) electrons. The average Bonchev–Trinajstić information content (AvgIpc) is 3.16. The van der Waals surface area contributed by atoms with E-state index in [0.717, 1.165) is 17.0 Å². The molecule has 7 heteroatoms. The molecule has 7 nitrogen and oxygen atoms in total. The molecule has 0 saturated carbocycles. The fourth-order valence-electron chi connectivity index (χ4n) is 2.43. The van der Waals surface area contributed by atoms with E-state index >= 15 is 0 Å². The van der Waals surface area contributed by atoms with Crippen LogP contribution in [-0.2, 0) is 22.6 Å². The van der Waals surface area contributed by atoms with Crippen molar-refractivity contribution < 1.29 is 14.3 Å². The van der Waals surface area contributed by atoms with E-state index in [4.69, 9.17) is 15.2 Å². The van der Waals surface area contributed by atoms with Gasteiger partial charge in [0.2, 0.25) is 0 Å². The molecule has 134 valence electrons. The van der Waals surface area contributed by atoms with Gasteiger partial charge in [-0.15, -0.1) is 5.10 Å². The standard InChI is InChI=1S/C19H20N4O3/c1-25-17-9-7-16(8-10-17)23-12-15(21-22-23)13-26-19(24)18(20)11-14-5-3-2-4-6-14/h2-10,12,18H,11,13,20H2,1H3/t18-/m0/s1. The summed E-state index contributed by atoms with van der Waals surface area (Å²) in [6.07, 6.45) is 2.13. The third kappa shape index (κ3) is 4.46. The van der Waals surface area contributed by atoms with Crippen LogP contribution in [0, 0.1) is 0 Å². The molecule has 0 aliphatic carbocycles. The van der Waals surface area contributed by atoms with Crippen molar-refractivity contribution in [2.75, 3.05) is 7.11 Å². The van der Waals surface area contributed by atoms with Crippen molar-refractivity contribution in [3.63, 3.8) is 0 Å². The Balaban J connectivity index is 1.54. The van der Waals surface area contributed by atoms with E-state index in [9.17, 15) is 4.79 Å². The number of nitrogens with zero attached hydrogens (tertiary/aromatic N) is 3. The summed E-state index contributed by atoms with van der Waals surface area (Å²) in [5.41, 5.74) is 8.27. The van der Waals surface area contributed by atoms with Crippen LogP contribution in [0.5, 0.6) is 5.75 Å². The van der Waals surface area contributed by atoms with Crippen molar-refractivity contribution in [2.45, 2.75) is 19.1 Å². The van der Waals surface area contributed by atoms with E-state index in [2.05, 4.69) is 10.3 Å². The van der Waals surface area contributed by atoms with Crippen LogP contribution in [0.25, 0.3) is 5.69 Å². The van der Waals surface area contributed by atoms with Gasteiger partial charge in [0.1, 0.15) is 24.1 Å². The summed E-state index contributed by atoms with van der Waals surface area (Å²) < 4.78 is 12.0. The quantitative estimate of drug-likeness (QED) is 0.653. The summed E-state index contributed by atoms with van der Waals surface area (Å²) in [6.45, 7) is 0.0253. The second-order valence-corrected chi connectivity index (χ2v) is 5.76. The number of hydrogen-bond acceptors (Lipinski definition) is 6. The Kier molecular flexibility index (Phi) is 5.60. The Morgan fingerprint density at radius 1 is 1.15 bits per heavy atom. The Morgan fingerprint density at radius 2 is 1.88 bits per heavy atom. The monoisotopic (exact) mass is 352 g/mol. The zero-order valence-electron chi connectivity index (χ0n) is 14.4. The molecule has 0 aliphatic heterocycles. The third-order valence-corrected chi connectivity index (χ3v) is 3.84. The Labute approximate surface area is 151 Å². The van der Waals surface area contributed by atoms with Crippen molar-refractivity contribution in [3.8, 4) is 11.4 Å². The van der Waals surface area contributed by atoms with Crippen LogP contribution < -0.4 is 10.5 Å². The van der Waals surface area contributed by atoms with Crippen LogP contribution in [0.2, 0.25) is 0 Å². The second kappa shape index (κ2) is 8.26. The molecule has 3 rings (SSSR count). The van der Waals surface area contributed by atoms with Gasteiger partial charge in [-0.3, -0.25) is 4.79 Å². The Morgan fingerprint density at radius 3 is 2.58 bits per heavy atom. The van der Waals surface area contributed by atoms with Gasteiger partial charge in [0.15, 0.2) is 0 Å². The summed E-state index contributed by atoms with van der Waals surface area (Å²) in [5.74, 6) is 0.295. The van der Waals surface area contributed by atoms with Gasteiger partial charge in [0.25, 0.3) is 0 Å². The highest BCUT2D eigenvalue weighted by Gasteiger charge is 2.16. The second-order valence-electron chi connectivity index (χ2n) is 5.76. The van der Waals surface area contributed by atoms with E-state index in [1.165, 1.54) is 0 Å². The molecule has 0 amide bonds. The molecule has 26 heavy (non-hydrogen) atoms. The number of hydrogen-bond donors (Lipinski definition) is 1. The van der Waals surface area contributed by atoms with Crippen LogP contribution in [0.3, 0.4) is 0 Å². The Bertz CT molecular complexity index is 847. The first-order valence-corrected chi connectivity index (χ1v) is 8.17. The number of rotatable bonds is 7. The lowest BCUT2D eigenvalue weighted by Gasteiger charge is -2.10. The largest absolute Gasteiger partial charge is 0.497 e. The number of nitrogens with two attached hydrogens (primary N) is 1. The SMILES string of the molecule is COc1ccc(-n2cc(COC(=O)[C@@H](N)Cc3ccccc3)nn2)cc1. The molecule has 1 atom stereocenters. The maximum atomic E-state index is 12.1. The Hall–Kier alpha value is -3.19. The van der Waals surface area contributed by atoms with Crippen LogP contribution in [0.1, 0.15) is 11.3 Å². The maximum Gasteiger partial charge on any atom is 0.323 e. The number of benzene rings is 2. The average molecular weight is 352 g/mol. The lowest BCUT2D eigenvalue weighted by molar-refractivity contribution is -0.146. The molecular weight excluding hydrogens is 332 g/mol. The number of methoxy groups -OCH3 is 1. The summed E-state index contributed by atoms with van der Waals surface area (Å²) in [6, 6.07) is 16.3. The van der Waals surface area contributed by atoms with E-state index in [0.29, 0.717) is 12.1 Å². The van der Waals surface area contributed by atoms with Gasteiger partial charge >= 0.3 is 5.97 Å². The number of esters is 1. The maximum absolute atomic E-state index is 12.1. The minimum atomic E-state index is -0.714. The van der Waals surface area contributed by atoms with Gasteiger partial charge < -0.3 is 15.2 Å². The highest BCUT2D eigenvalue weighted by atomic mass is 16.5. The summed E-state index contributed by atoms with van der Waals surface area (Å²) in [5, 5.41) is 8.05. The van der Waals surface area contributed by atoms with E-state index in [1.807, 2.05) is 54.6 Å². The molecule has 0 aliphatic rings. The number of aromatic nitrogens is 3. The minimum absolute atomic E-state index is 0.0253. The zero-order valence-corrected chi connectivity index (χ0v) is 14.4. The number of carbonyl (C=O) groups excluding carboxylic acids is 1. The molecule has 2 N–H and O–H groups in total. The van der Waals surface area contributed by atoms with Gasteiger partial charge in [-0.05, 0) is 36.2 Å². The van der Waals surface area contributed by atoms with Crippen molar-refractivity contribution in [2.24, 2.45) is 5.73 Å². The summed E-state index contributed by atoms with van der Waals surface area (Å²) in [4.78, 5) is 12.1. The lowest BCUT2D eigenvalue weighted by atomic mass is 10.1. The number of carbonyl (C=O) groups is 1. The van der Waals surface area contributed by atoms with Gasteiger partial charge in [0.05, 0.1) is 19.0 Å². The van der Waals surface area contributed by atoms with E-state index in [1.54, 1.807) is 18.0 Å². The van der Waals surface area contributed by atoms with Crippen molar-refractivity contribution in [1.29, 1.82) is 0 Å². The first kappa shape index (κ1) is 17.6.